The van der Waals surface area contributed by atoms with Crippen LogP contribution in [0.4, 0.5) is 13.2 Å². The van der Waals surface area contributed by atoms with Crippen LogP contribution in [0.3, 0.4) is 0 Å². The Labute approximate surface area is 174 Å². The molecule has 0 radical (unpaired) electrons. The molecule has 0 amide bonds. The summed E-state index contributed by atoms with van der Waals surface area (Å²) in [5.74, 6) is 0.369. The van der Waals surface area contributed by atoms with Crippen LogP contribution in [0.1, 0.15) is 16.7 Å². The predicted molar refractivity (Wildman–Crippen MR) is 109 cm³/mol. The molecule has 3 nitrogen and oxygen atoms in total. The molecule has 0 aliphatic carbocycles. The molecule has 29 heavy (non-hydrogen) atoms. The first-order valence-corrected chi connectivity index (χ1v) is 10.1. The van der Waals surface area contributed by atoms with E-state index < -0.39 is 11.7 Å². The van der Waals surface area contributed by atoms with E-state index in [-0.39, 0.29) is 0 Å². The Morgan fingerprint density at radius 2 is 1.76 bits per heavy atom. The van der Waals surface area contributed by atoms with Gasteiger partial charge < -0.3 is 0 Å². The van der Waals surface area contributed by atoms with E-state index in [2.05, 4.69) is 9.97 Å². The Morgan fingerprint density at radius 3 is 2.52 bits per heavy atom. The first-order chi connectivity index (χ1) is 13.9. The van der Waals surface area contributed by atoms with Gasteiger partial charge in [0.2, 0.25) is 0 Å². The van der Waals surface area contributed by atoms with Gasteiger partial charge >= 0.3 is 6.18 Å². The minimum atomic E-state index is -4.35. The first-order valence-electron chi connectivity index (χ1n) is 8.75. The summed E-state index contributed by atoms with van der Waals surface area (Å²) in [6, 6.07) is 16.5. The molecular weight excluding hydrogens is 419 g/mol. The van der Waals surface area contributed by atoms with Crippen LogP contribution in [0.5, 0.6) is 0 Å². The number of thioether (sulfide) groups is 1. The number of benzene rings is 2. The van der Waals surface area contributed by atoms with Crippen molar-refractivity contribution in [1.29, 1.82) is 0 Å². The van der Waals surface area contributed by atoms with Crippen LogP contribution >= 0.6 is 23.4 Å². The van der Waals surface area contributed by atoms with E-state index in [1.807, 2.05) is 41.0 Å². The van der Waals surface area contributed by atoms with Gasteiger partial charge in [-0.1, -0.05) is 53.7 Å². The fourth-order valence-electron chi connectivity index (χ4n) is 2.95. The largest absolute Gasteiger partial charge is 0.416 e. The van der Waals surface area contributed by atoms with Crippen molar-refractivity contribution in [3.8, 4) is 0 Å². The number of hydrogen-bond acceptors (Lipinski definition) is 3. The Morgan fingerprint density at radius 1 is 0.966 bits per heavy atom. The SMILES string of the molecule is FC(F)(F)c1cccc(CSc2nc3cccnc3n2Cc2ccc(Cl)cc2)c1. The van der Waals surface area contributed by atoms with Crippen molar-refractivity contribution in [2.45, 2.75) is 23.6 Å². The lowest BCUT2D eigenvalue weighted by atomic mass is 10.1. The maximum Gasteiger partial charge on any atom is 0.416 e. The number of rotatable bonds is 5. The summed E-state index contributed by atoms with van der Waals surface area (Å²) in [7, 11) is 0. The van der Waals surface area contributed by atoms with Crippen molar-refractivity contribution in [1.82, 2.24) is 14.5 Å². The highest BCUT2D eigenvalue weighted by molar-refractivity contribution is 7.98. The van der Waals surface area contributed by atoms with Gasteiger partial charge in [-0.2, -0.15) is 13.2 Å². The monoisotopic (exact) mass is 433 g/mol. The van der Waals surface area contributed by atoms with Gasteiger partial charge in [-0.25, -0.2) is 9.97 Å². The number of pyridine rings is 1. The highest BCUT2D eigenvalue weighted by atomic mass is 35.5. The molecule has 2 aromatic heterocycles. The van der Waals surface area contributed by atoms with E-state index in [1.54, 1.807) is 12.3 Å². The van der Waals surface area contributed by atoms with E-state index in [4.69, 9.17) is 11.6 Å². The molecule has 0 aliphatic heterocycles. The van der Waals surface area contributed by atoms with Crippen molar-refractivity contribution in [3.05, 3.63) is 88.6 Å². The second kappa shape index (κ2) is 8.08. The lowest BCUT2D eigenvalue weighted by Gasteiger charge is -2.10. The topological polar surface area (TPSA) is 30.7 Å². The number of hydrogen-bond donors (Lipinski definition) is 0. The van der Waals surface area contributed by atoms with Crippen LogP contribution < -0.4 is 0 Å². The van der Waals surface area contributed by atoms with Crippen LogP contribution in [0, 0.1) is 0 Å². The molecule has 2 heterocycles. The first kappa shape index (κ1) is 19.8. The summed E-state index contributed by atoms with van der Waals surface area (Å²) in [6.45, 7) is 0.537. The van der Waals surface area contributed by atoms with Crippen molar-refractivity contribution in [2.75, 3.05) is 0 Å². The second-order valence-electron chi connectivity index (χ2n) is 6.44. The number of alkyl halides is 3. The fourth-order valence-corrected chi connectivity index (χ4v) is 4.02. The quantitative estimate of drug-likeness (QED) is 0.339. The Balaban J connectivity index is 1.62. The van der Waals surface area contributed by atoms with E-state index in [9.17, 15) is 13.2 Å². The molecule has 8 heteroatoms. The Bertz CT molecular complexity index is 1140. The summed E-state index contributed by atoms with van der Waals surface area (Å²) in [5.41, 5.74) is 2.44. The third kappa shape index (κ3) is 4.57. The number of halogens is 4. The summed E-state index contributed by atoms with van der Waals surface area (Å²) in [5, 5.41) is 1.35. The van der Waals surface area contributed by atoms with Crippen molar-refractivity contribution < 1.29 is 13.2 Å². The van der Waals surface area contributed by atoms with E-state index in [1.165, 1.54) is 23.9 Å². The van der Waals surface area contributed by atoms with Crippen LogP contribution in [-0.2, 0) is 18.5 Å². The number of aromatic nitrogens is 3. The van der Waals surface area contributed by atoms with E-state index in [0.29, 0.717) is 28.0 Å². The molecule has 0 atom stereocenters. The van der Waals surface area contributed by atoms with Gasteiger partial charge in [0.25, 0.3) is 0 Å². The van der Waals surface area contributed by atoms with Gasteiger partial charge in [0, 0.05) is 17.0 Å². The Kier molecular flexibility index (Phi) is 5.52. The normalized spacial score (nSPS) is 11.9. The Hall–Kier alpha value is -2.51. The molecule has 0 unspecified atom stereocenters. The highest BCUT2D eigenvalue weighted by Gasteiger charge is 2.30. The molecule has 0 fully saturated rings. The van der Waals surface area contributed by atoms with Crippen LogP contribution in [0.15, 0.2) is 72.0 Å². The number of nitrogens with zero attached hydrogens (tertiary/aromatic N) is 3. The van der Waals surface area contributed by atoms with Gasteiger partial charge in [-0.05, 0) is 41.5 Å². The minimum absolute atomic E-state index is 0.369. The lowest BCUT2D eigenvalue weighted by Crippen LogP contribution is -2.05. The summed E-state index contributed by atoms with van der Waals surface area (Å²) in [6.07, 6.45) is -2.66. The maximum atomic E-state index is 13.0. The standard InChI is InChI=1S/C21H15ClF3N3S/c22-17-8-6-14(7-9-17)12-28-19-18(5-2-10-26-19)27-20(28)29-13-15-3-1-4-16(11-15)21(23,24)25/h1-11H,12-13H2. The molecule has 0 N–H and O–H groups in total. The molecule has 2 aromatic carbocycles. The van der Waals surface area contributed by atoms with E-state index >= 15 is 0 Å². The van der Waals surface area contributed by atoms with Gasteiger partial charge in [0.05, 0.1) is 12.1 Å². The third-order valence-corrected chi connectivity index (χ3v) is 5.64. The maximum absolute atomic E-state index is 13.0. The molecule has 0 aliphatic rings. The fraction of sp³-hybridized carbons (Fsp3) is 0.143. The highest BCUT2D eigenvalue weighted by Crippen LogP contribution is 2.32. The summed E-state index contributed by atoms with van der Waals surface area (Å²) >= 11 is 7.35. The van der Waals surface area contributed by atoms with E-state index in [0.717, 1.165) is 22.8 Å². The zero-order valence-corrected chi connectivity index (χ0v) is 16.6. The lowest BCUT2D eigenvalue weighted by molar-refractivity contribution is -0.137. The zero-order valence-electron chi connectivity index (χ0n) is 15.0. The number of fused-ring (bicyclic) bond motifs is 1. The number of imidazole rings is 1. The van der Waals surface area contributed by atoms with Crippen LogP contribution in [-0.4, -0.2) is 14.5 Å². The van der Waals surface area contributed by atoms with Gasteiger partial charge in [0.15, 0.2) is 10.8 Å². The molecular formula is C21H15ClF3N3S. The van der Waals surface area contributed by atoms with Crippen LogP contribution in [0.25, 0.3) is 11.2 Å². The average molecular weight is 434 g/mol. The van der Waals surface area contributed by atoms with Crippen LogP contribution in [0.2, 0.25) is 5.02 Å². The molecule has 4 aromatic rings. The van der Waals surface area contributed by atoms with Crippen molar-refractivity contribution >= 4 is 34.5 Å². The van der Waals surface area contributed by atoms with Gasteiger partial charge in [0.1, 0.15) is 5.52 Å². The molecule has 0 spiro atoms. The molecule has 0 saturated heterocycles. The molecule has 0 saturated carbocycles. The average Bonchev–Trinajstić information content (AvgIpc) is 3.05. The van der Waals surface area contributed by atoms with Gasteiger partial charge in [-0.15, -0.1) is 0 Å². The minimum Gasteiger partial charge on any atom is -0.299 e. The molecule has 4 rings (SSSR count). The smallest absolute Gasteiger partial charge is 0.299 e. The molecule has 0 bridgehead atoms. The third-order valence-electron chi connectivity index (χ3n) is 4.34. The summed E-state index contributed by atoms with van der Waals surface area (Å²) < 4.78 is 40.9. The second-order valence-corrected chi connectivity index (χ2v) is 7.82. The predicted octanol–water partition coefficient (Wildman–Crippen LogP) is 6.44. The van der Waals surface area contributed by atoms with Crippen molar-refractivity contribution in [2.24, 2.45) is 0 Å². The summed E-state index contributed by atoms with van der Waals surface area (Å²) in [4.78, 5) is 9.06. The molecule has 148 valence electrons. The zero-order chi connectivity index (χ0) is 20.4. The van der Waals surface area contributed by atoms with Gasteiger partial charge in [-0.3, -0.25) is 4.57 Å². The van der Waals surface area contributed by atoms with Crippen molar-refractivity contribution in [3.63, 3.8) is 0 Å².